The van der Waals surface area contributed by atoms with Gasteiger partial charge in [0.25, 0.3) is 0 Å². The maximum atomic E-state index is 3.97. The average molecular weight is 254 g/mol. The third-order valence-corrected chi connectivity index (χ3v) is 3.56. The third kappa shape index (κ3) is 4.93. The molecule has 0 aliphatic carbocycles. The molecule has 0 aliphatic heterocycles. The van der Waals surface area contributed by atoms with E-state index in [0.717, 1.165) is 17.6 Å². The van der Waals surface area contributed by atoms with Crippen LogP contribution in [-0.4, -0.2) is 24.1 Å². The summed E-state index contributed by atoms with van der Waals surface area (Å²) in [7, 11) is 0. The molecule has 0 aliphatic rings. The Hall–Kier alpha value is -0.790. The largest absolute Gasteiger partial charge is 1.00 e. The molecule has 0 spiro atoms. The molecule has 0 radical (unpaired) electrons. The SMILES string of the molecule is C=C[N+](CC)(CC)CCCc1ccccc1.[Cl-]. The lowest BCUT2D eigenvalue weighted by Crippen LogP contribution is -3.00. The van der Waals surface area contributed by atoms with Crippen LogP contribution >= 0.6 is 0 Å². The van der Waals surface area contributed by atoms with Crippen molar-refractivity contribution in [2.45, 2.75) is 26.7 Å². The second kappa shape index (κ2) is 8.32. The van der Waals surface area contributed by atoms with Crippen molar-refractivity contribution >= 4 is 0 Å². The number of hydrogen-bond acceptors (Lipinski definition) is 0. The fourth-order valence-corrected chi connectivity index (χ4v) is 2.13. The van der Waals surface area contributed by atoms with Crippen LogP contribution < -0.4 is 12.4 Å². The summed E-state index contributed by atoms with van der Waals surface area (Å²) in [6.45, 7) is 12.0. The summed E-state index contributed by atoms with van der Waals surface area (Å²) in [5, 5.41) is 0. The molecule has 0 aromatic heterocycles. The molecule has 1 rings (SSSR count). The van der Waals surface area contributed by atoms with E-state index in [1.54, 1.807) is 0 Å². The van der Waals surface area contributed by atoms with Crippen LogP contribution in [-0.2, 0) is 6.42 Å². The Balaban J connectivity index is 0.00000256. The smallest absolute Gasteiger partial charge is 0.0885 e. The highest BCUT2D eigenvalue weighted by molar-refractivity contribution is 5.14. The van der Waals surface area contributed by atoms with Crippen molar-refractivity contribution in [3.8, 4) is 0 Å². The molecule has 0 N–H and O–H groups in total. The third-order valence-electron chi connectivity index (χ3n) is 3.56. The van der Waals surface area contributed by atoms with Gasteiger partial charge in [0.2, 0.25) is 0 Å². The Morgan fingerprint density at radius 3 is 2.18 bits per heavy atom. The highest BCUT2D eigenvalue weighted by Crippen LogP contribution is 2.11. The molecule has 0 unspecified atom stereocenters. The van der Waals surface area contributed by atoms with Gasteiger partial charge in [0.1, 0.15) is 0 Å². The van der Waals surface area contributed by atoms with E-state index >= 15 is 0 Å². The van der Waals surface area contributed by atoms with Crippen molar-refractivity contribution in [2.24, 2.45) is 0 Å². The van der Waals surface area contributed by atoms with Gasteiger partial charge < -0.3 is 12.4 Å². The summed E-state index contributed by atoms with van der Waals surface area (Å²) in [6, 6.07) is 10.7. The lowest BCUT2D eigenvalue weighted by atomic mass is 10.1. The fourth-order valence-electron chi connectivity index (χ4n) is 2.13. The maximum absolute atomic E-state index is 3.97. The van der Waals surface area contributed by atoms with Crippen molar-refractivity contribution in [3.63, 3.8) is 0 Å². The first-order chi connectivity index (χ1) is 7.76. The topological polar surface area (TPSA) is 0 Å². The lowest BCUT2D eigenvalue weighted by molar-refractivity contribution is -0.875. The van der Waals surface area contributed by atoms with Gasteiger partial charge in [-0.25, -0.2) is 0 Å². The number of rotatable bonds is 7. The number of halogens is 1. The molecule has 0 saturated heterocycles. The number of quaternary nitrogens is 1. The number of aryl methyl sites for hydroxylation is 1. The quantitative estimate of drug-likeness (QED) is 0.626. The minimum atomic E-state index is 0. The first-order valence-electron chi connectivity index (χ1n) is 6.29. The van der Waals surface area contributed by atoms with E-state index in [-0.39, 0.29) is 12.4 Å². The first-order valence-corrected chi connectivity index (χ1v) is 6.29. The van der Waals surface area contributed by atoms with Crippen LogP contribution in [0, 0.1) is 0 Å². The van der Waals surface area contributed by atoms with Gasteiger partial charge in [-0.05, 0) is 32.4 Å². The van der Waals surface area contributed by atoms with Gasteiger partial charge in [0.05, 0.1) is 25.8 Å². The molecular weight excluding hydrogens is 230 g/mol. The summed E-state index contributed by atoms with van der Waals surface area (Å²) in [6.07, 6.45) is 4.51. The monoisotopic (exact) mass is 253 g/mol. The van der Waals surface area contributed by atoms with Gasteiger partial charge in [-0.1, -0.05) is 30.3 Å². The van der Waals surface area contributed by atoms with Crippen molar-refractivity contribution < 1.29 is 16.9 Å². The summed E-state index contributed by atoms with van der Waals surface area (Å²) in [5.74, 6) is 0. The van der Waals surface area contributed by atoms with Crippen LogP contribution in [0.15, 0.2) is 43.1 Å². The van der Waals surface area contributed by atoms with Gasteiger partial charge in [-0.2, -0.15) is 0 Å². The summed E-state index contributed by atoms with van der Waals surface area (Å²) in [5.41, 5.74) is 1.44. The second-order valence-electron chi connectivity index (χ2n) is 4.35. The maximum Gasteiger partial charge on any atom is 0.0885 e. The normalized spacial score (nSPS) is 10.7. The Kier molecular flexibility index (Phi) is 7.94. The molecule has 2 heteroatoms. The lowest BCUT2D eigenvalue weighted by Gasteiger charge is -2.32. The standard InChI is InChI=1S/C15H24N.ClH/c1-4-16(5-2,6-3)14-10-13-15-11-8-7-9-12-15;/h4,7-9,11-12H,1,5-6,10,13-14H2,2-3H3;1H/q+1;/p-1. The Morgan fingerprint density at radius 2 is 1.71 bits per heavy atom. The van der Waals surface area contributed by atoms with Crippen LogP contribution in [0.1, 0.15) is 25.8 Å². The minimum Gasteiger partial charge on any atom is -1.00 e. The highest BCUT2D eigenvalue weighted by Gasteiger charge is 2.18. The molecule has 96 valence electrons. The van der Waals surface area contributed by atoms with Gasteiger partial charge >= 0.3 is 0 Å². The van der Waals surface area contributed by atoms with E-state index in [1.165, 1.54) is 24.9 Å². The van der Waals surface area contributed by atoms with Crippen LogP contribution in [0.3, 0.4) is 0 Å². The fraction of sp³-hybridized carbons (Fsp3) is 0.467. The molecule has 17 heavy (non-hydrogen) atoms. The Labute approximate surface area is 112 Å². The van der Waals surface area contributed by atoms with Crippen LogP contribution in [0.4, 0.5) is 0 Å². The van der Waals surface area contributed by atoms with E-state index in [0.29, 0.717) is 0 Å². The van der Waals surface area contributed by atoms with Crippen molar-refractivity contribution in [2.75, 3.05) is 19.6 Å². The van der Waals surface area contributed by atoms with E-state index < -0.39 is 0 Å². The van der Waals surface area contributed by atoms with Crippen LogP contribution in [0.2, 0.25) is 0 Å². The Bertz CT molecular complexity index is 304. The summed E-state index contributed by atoms with van der Waals surface area (Å²) in [4.78, 5) is 0. The molecule has 0 bridgehead atoms. The average Bonchev–Trinajstić information content (AvgIpc) is 2.37. The molecule has 1 aromatic carbocycles. The number of nitrogens with zero attached hydrogens (tertiary/aromatic N) is 1. The van der Waals surface area contributed by atoms with Gasteiger partial charge in [0.15, 0.2) is 0 Å². The van der Waals surface area contributed by atoms with E-state index in [4.69, 9.17) is 0 Å². The summed E-state index contributed by atoms with van der Waals surface area (Å²) < 4.78 is 1.03. The zero-order valence-electron chi connectivity index (χ0n) is 11.0. The van der Waals surface area contributed by atoms with Crippen molar-refractivity contribution in [1.29, 1.82) is 0 Å². The zero-order valence-corrected chi connectivity index (χ0v) is 11.8. The van der Waals surface area contributed by atoms with Gasteiger partial charge in [0, 0.05) is 6.42 Å². The van der Waals surface area contributed by atoms with E-state index in [1.807, 2.05) is 0 Å². The highest BCUT2D eigenvalue weighted by atomic mass is 35.5. The molecule has 0 atom stereocenters. The Morgan fingerprint density at radius 1 is 1.12 bits per heavy atom. The predicted molar refractivity (Wildman–Crippen MR) is 71.2 cm³/mol. The first kappa shape index (κ1) is 16.2. The zero-order chi connectivity index (χ0) is 11.9. The second-order valence-corrected chi connectivity index (χ2v) is 4.35. The van der Waals surface area contributed by atoms with Gasteiger partial charge in [-0.3, -0.25) is 4.48 Å². The van der Waals surface area contributed by atoms with E-state index in [2.05, 4.69) is 57.0 Å². The molecule has 0 saturated carbocycles. The number of benzene rings is 1. The van der Waals surface area contributed by atoms with Crippen LogP contribution in [0.25, 0.3) is 0 Å². The molecule has 1 nitrogen and oxygen atoms in total. The molecular formula is C15H24ClN. The van der Waals surface area contributed by atoms with Gasteiger partial charge in [-0.15, -0.1) is 0 Å². The molecule has 0 amide bonds. The predicted octanol–water partition coefficient (Wildman–Crippen LogP) is 0.623. The molecule has 0 heterocycles. The molecule has 0 fully saturated rings. The molecule has 1 aromatic rings. The van der Waals surface area contributed by atoms with Crippen molar-refractivity contribution in [3.05, 3.63) is 48.7 Å². The van der Waals surface area contributed by atoms with Crippen LogP contribution in [0.5, 0.6) is 0 Å². The summed E-state index contributed by atoms with van der Waals surface area (Å²) >= 11 is 0. The number of hydrogen-bond donors (Lipinski definition) is 0. The van der Waals surface area contributed by atoms with Crippen molar-refractivity contribution in [1.82, 2.24) is 0 Å². The van der Waals surface area contributed by atoms with E-state index in [9.17, 15) is 0 Å². The minimum absolute atomic E-state index is 0.